The summed E-state index contributed by atoms with van der Waals surface area (Å²) < 4.78 is 5.21. The van der Waals surface area contributed by atoms with Gasteiger partial charge in [-0.2, -0.15) is 0 Å². The highest BCUT2D eigenvalue weighted by Crippen LogP contribution is 2.20. The molecule has 2 rings (SSSR count). The van der Waals surface area contributed by atoms with E-state index in [0.29, 0.717) is 18.3 Å². The van der Waals surface area contributed by atoms with Crippen LogP contribution in [0.4, 0.5) is 5.69 Å². The fourth-order valence-electron chi connectivity index (χ4n) is 1.74. The third-order valence-corrected chi connectivity index (χ3v) is 2.96. The van der Waals surface area contributed by atoms with Crippen LogP contribution in [0.15, 0.2) is 42.6 Å². The van der Waals surface area contributed by atoms with Crippen molar-refractivity contribution in [3.8, 4) is 5.88 Å². The molecule has 4 heteroatoms. The van der Waals surface area contributed by atoms with E-state index in [9.17, 15) is 0 Å². The second kappa shape index (κ2) is 6.26. The van der Waals surface area contributed by atoms with Crippen LogP contribution in [0.1, 0.15) is 11.1 Å². The Morgan fingerprint density at radius 1 is 1.17 bits per heavy atom. The van der Waals surface area contributed by atoms with Crippen LogP contribution in [0.2, 0.25) is 0 Å². The highest BCUT2D eigenvalue weighted by atomic mass is 35.5. The van der Waals surface area contributed by atoms with Gasteiger partial charge in [0.25, 0.3) is 0 Å². The molecule has 0 bridgehead atoms. The lowest BCUT2D eigenvalue weighted by Gasteiger charge is -2.11. The zero-order chi connectivity index (χ0) is 12.8. The molecule has 2 aromatic rings. The van der Waals surface area contributed by atoms with Gasteiger partial charge in [0.15, 0.2) is 0 Å². The Morgan fingerprint density at radius 2 is 1.94 bits per heavy atom. The highest BCUT2D eigenvalue weighted by molar-refractivity contribution is 6.17. The molecular weight excluding hydrogens is 248 g/mol. The van der Waals surface area contributed by atoms with Gasteiger partial charge in [0.2, 0.25) is 5.88 Å². The van der Waals surface area contributed by atoms with Crippen molar-refractivity contribution in [2.24, 2.45) is 0 Å². The molecular formula is C14H15ClN2O. The highest BCUT2D eigenvalue weighted by Gasteiger charge is 2.04. The van der Waals surface area contributed by atoms with Crippen LogP contribution in [0, 0.1) is 0 Å². The average molecular weight is 263 g/mol. The van der Waals surface area contributed by atoms with Gasteiger partial charge in [-0.1, -0.05) is 24.3 Å². The first-order chi connectivity index (χ1) is 8.85. The van der Waals surface area contributed by atoms with E-state index in [0.717, 1.165) is 16.8 Å². The second-order valence-electron chi connectivity index (χ2n) is 3.82. The zero-order valence-electron chi connectivity index (χ0n) is 10.2. The molecule has 0 aliphatic rings. The van der Waals surface area contributed by atoms with E-state index in [1.807, 2.05) is 36.4 Å². The largest absolute Gasteiger partial charge is 0.481 e. The summed E-state index contributed by atoms with van der Waals surface area (Å²) >= 11 is 5.90. The van der Waals surface area contributed by atoms with Crippen molar-refractivity contribution in [1.29, 1.82) is 0 Å². The quantitative estimate of drug-likeness (QED) is 0.838. The van der Waals surface area contributed by atoms with Crippen LogP contribution in [-0.2, 0) is 12.4 Å². The SMILES string of the molecule is COc1ncccc1CNc1ccccc1CCl. The van der Waals surface area contributed by atoms with Crippen LogP contribution in [0.25, 0.3) is 0 Å². The summed E-state index contributed by atoms with van der Waals surface area (Å²) in [6, 6.07) is 11.9. The molecule has 1 aromatic heterocycles. The minimum Gasteiger partial charge on any atom is -0.481 e. The summed E-state index contributed by atoms with van der Waals surface area (Å²) in [6.07, 6.45) is 1.72. The van der Waals surface area contributed by atoms with E-state index in [1.165, 1.54) is 0 Å². The van der Waals surface area contributed by atoms with Crippen molar-refractivity contribution in [2.75, 3.05) is 12.4 Å². The molecule has 94 valence electrons. The molecule has 0 amide bonds. The van der Waals surface area contributed by atoms with Crippen LogP contribution < -0.4 is 10.1 Å². The Labute approximate surface area is 112 Å². The molecule has 0 saturated carbocycles. The fourth-order valence-corrected chi connectivity index (χ4v) is 1.98. The van der Waals surface area contributed by atoms with Gasteiger partial charge in [-0.25, -0.2) is 4.98 Å². The first-order valence-electron chi connectivity index (χ1n) is 5.70. The summed E-state index contributed by atoms with van der Waals surface area (Å²) in [4.78, 5) is 4.16. The maximum absolute atomic E-state index is 5.90. The Morgan fingerprint density at radius 3 is 2.72 bits per heavy atom. The number of benzene rings is 1. The predicted molar refractivity (Wildman–Crippen MR) is 74.1 cm³/mol. The average Bonchev–Trinajstić information content (AvgIpc) is 2.45. The van der Waals surface area contributed by atoms with E-state index in [2.05, 4.69) is 10.3 Å². The number of nitrogens with one attached hydrogen (secondary N) is 1. The summed E-state index contributed by atoms with van der Waals surface area (Å²) in [5.74, 6) is 1.14. The molecule has 1 N–H and O–H groups in total. The lowest BCUT2D eigenvalue weighted by Crippen LogP contribution is -2.04. The molecule has 0 unspecified atom stereocenters. The topological polar surface area (TPSA) is 34.1 Å². The fraction of sp³-hybridized carbons (Fsp3) is 0.214. The van der Waals surface area contributed by atoms with Gasteiger partial charge in [0.1, 0.15) is 0 Å². The molecule has 1 heterocycles. The van der Waals surface area contributed by atoms with E-state index in [-0.39, 0.29) is 0 Å². The molecule has 0 fully saturated rings. The molecule has 18 heavy (non-hydrogen) atoms. The first kappa shape index (κ1) is 12.7. The van der Waals surface area contributed by atoms with Gasteiger partial charge < -0.3 is 10.1 Å². The van der Waals surface area contributed by atoms with Crippen LogP contribution >= 0.6 is 11.6 Å². The number of pyridine rings is 1. The van der Waals surface area contributed by atoms with Crippen LogP contribution in [0.5, 0.6) is 5.88 Å². The number of hydrogen-bond acceptors (Lipinski definition) is 3. The number of para-hydroxylation sites is 1. The van der Waals surface area contributed by atoms with E-state index in [4.69, 9.17) is 16.3 Å². The Bertz CT molecular complexity index is 469. The number of ether oxygens (including phenoxy) is 1. The van der Waals surface area contributed by atoms with Gasteiger partial charge >= 0.3 is 0 Å². The normalized spacial score (nSPS) is 10.1. The van der Waals surface area contributed by atoms with Crippen molar-refractivity contribution >= 4 is 17.3 Å². The number of anilines is 1. The van der Waals surface area contributed by atoms with E-state index >= 15 is 0 Å². The second-order valence-corrected chi connectivity index (χ2v) is 4.08. The van der Waals surface area contributed by atoms with Crippen molar-refractivity contribution in [3.63, 3.8) is 0 Å². The van der Waals surface area contributed by atoms with Crippen LogP contribution in [0.3, 0.4) is 0 Å². The molecule has 0 radical (unpaired) electrons. The van der Waals surface area contributed by atoms with Crippen molar-refractivity contribution in [3.05, 3.63) is 53.7 Å². The zero-order valence-corrected chi connectivity index (χ0v) is 10.9. The number of halogens is 1. The van der Waals surface area contributed by atoms with Gasteiger partial charge in [-0.15, -0.1) is 11.6 Å². The Kier molecular flexibility index (Phi) is 4.42. The van der Waals surface area contributed by atoms with E-state index < -0.39 is 0 Å². The molecule has 0 saturated heterocycles. The number of nitrogens with zero attached hydrogens (tertiary/aromatic N) is 1. The number of alkyl halides is 1. The minimum absolute atomic E-state index is 0.493. The summed E-state index contributed by atoms with van der Waals surface area (Å²) in [5.41, 5.74) is 3.14. The third-order valence-electron chi connectivity index (χ3n) is 2.67. The summed E-state index contributed by atoms with van der Waals surface area (Å²) in [7, 11) is 1.62. The van der Waals surface area contributed by atoms with Crippen molar-refractivity contribution in [1.82, 2.24) is 4.98 Å². The minimum atomic E-state index is 0.493. The Hall–Kier alpha value is -1.74. The molecule has 0 aliphatic heterocycles. The standard InChI is InChI=1S/C14H15ClN2O/c1-18-14-12(6-4-8-16-14)10-17-13-7-3-2-5-11(13)9-15/h2-8,17H,9-10H2,1H3. The predicted octanol–water partition coefficient (Wildman–Crippen LogP) is 3.44. The molecule has 0 spiro atoms. The molecule has 3 nitrogen and oxygen atoms in total. The summed E-state index contributed by atoms with van der Waals surface area (Å²) in [5, 5.41) is 3.35. The van der Waals surface area contributed by atoms with Gasteiger partial charge in [-0.05, 0) is 17.7 Å². The summed E-state index contributed by atoms with van der Waals surface area (Å²) in [6.45, 7) is 0.658. The van der Waals surface area contributed by atoms with E-state index in [1.54, 1.807) is 13.3 Å². The monoisotopic (exact) mass is 262 g/mol. The number of methoxy groups -OCH3 is 1. The maximum atomic E-state index is 5.90. The lowest BCUT2D eigenvalue weighted by atomic mass is 10.2. The molecule has 1 aromatic carbocycles. The number of rotatable bonds is 5. The first-order valence-corrected chi connectivity index (χ1v) is 6.24. The molecule has 0 atom stereocenters. The lowest BCUT2D eigenvalue weighted by molar-refractivity contribution is 0.393. The van der Waals surface area contributed by atoms with Gasteiger partial charge in [-0.3, -0.25) is 0 Å². The van der Waals surface area contributed by atoms with Crippen LogP contribution in [-0.4, -0.2) is 12.1 Å². The third kappa shape index (κ3) is 2.93. The van der Waals surface area contributed by atoms with Crippen molar-refractivity contribution < 1.29 is 4.74 Å². The number of aromatic nitrogens is 1. The Balaban J connectivity index is 2.11. The van der Waals surface area contributed by atoms with Crippen molar-refractivity contribution in [2.45, 2.75) is 12.4 Å². The molecule has 0 aliphatic carbocycles. The maximum Gasteiger partial charge on any atom is 0.218 e. The number of hydrogen-bond donors (Lipinski definition) is 1. The van der Waals surface area contributed by atoms with Gasteiger partial charge in [0.05, 0.1) is 7.11 Å². The smallest absolute Gasteiger partial charge is 0.218 e. The van der Waals surface area contributed by atoms with Gasteiger partial charge in [0, 0.05) is 29.9 Å².